The van der Waals surface area contributed by atoms with Crippen molar-refractivity contribution in [3.05, 3.63) is 54.1 Å². The Morgan fingerprint density at radius 1 is 1.16 bits per heavy atom. The van der Waals surface area contributed by atoms with Crippen molar-refractivity contribution in [2.75, 3.05) is 13.7 Å². The Hall–Kier alpha value is -2.80. The van der Waals surface area contributed by atoms with Crippen LogP contribution in [0, 0.1) is 17.2 Å². The summed E-state index contributed by atoms with van der Waals surface area (Å²) >= 11 is 0. The summed E-state index contributed by atoms with van der Waals surface area (Å²) in [7, 11) is 1.64. The summed E-state index contributed by atoms with van der Waals surface area (Å²) in [5.74, 6) is 0.838. The van der Waals surface area contributed by atoms with Gasteiger partial charge in [0.1, 0.15) is 12.3 Å². The van der Waals surface area contributed by atoms with E-state index in [0.29, 0.717) is 5.92 Å². The quantitative estimate of drug-likeness (QED) is 0.773. The molecular formula is C21H24N2O2. The van der Waals surface area contributed by atoms with Crippen molar-refractivity contribution < 1.29 is 9.53 Å². The van der Waals surface area contributed by atoms with Crippen LogP contribution in [-0.4, -0.2) is 19.6 Å². The molecule has 0 bridgehead atoms. The van der Waals surface area contributed by atoms with Crippen LogP contribution in [0.25, 0.3) is 11.1 Å². The summed E-state index contributed by atoms with van der Waals surface area (Å²) in [5, 5.41) is 11.4. The van der Waals surface area contributed by atoms with Crippen molar-refractivity contribution in [3.8, 4) is 22.9 Å². The molecule has 0 saturated carbocycles. The minimum atomic E-state index is -0.258. The number of rotatable bonds is 7. The Labute approximate surface area is 149 Å². The van der Waals surface area contributed by atoms with Gasteiger partial charge >= 0.3 is 0 Å². The Morgan fingerprint density at radius 2 is 1.88 bits per heavy atom. The number of carbonyl (C=O) groups excluding carboxylic acids is 1. The van der Waals surface area contributed by atoms with Gasteiger partial charge in [0, 0.05) is 0 Å². The van der Waals surface area contributed by atoms with Gasteiger partial charge in [-0.2, -0.15) is 5.26 Å². The average Bonchev–Trinajstić information content (AvgIpc) is 2.64. The van der Waals surface area contributed by atoms with Gasteiger partial charge in [-0.15, -0.1) is 0 Å². The number of nitrogens with one attached hydrogen (secondary N) is 1. The van der Waals surface area contributed by atoms with Crippen molar-refractivity contribution >= 4 is 5.91 Å². The normalized spacial score (nSPS) is 11.6. The van der Waals surface area contributed by atoms with Gasteiger partial charge in [-0.1, -0.05) is 50.2 Å². The summed E-state index contributed by atoms with van der Waals surface area (Å²) in [6.07, 6.45) is 0.739. The maximum atomic E-state index is 12.5. The maximum absolute atomic E-state index is 12.5. The highest BCUT2D eigenvalue weighted by Crippen LogP contribution is 2.29. The summed E-state index contributed by atoms with van der Waals surface area (Å²) in [6.45, 7) is 4.22. The summed E-state index contributed by atoms with van der Waals surface area (Å²) in [6, 6.07) is 17.9. The standard InChI is InChI=1S/C21H24N2O2/c1-15(2)13-20(21(24)23-12-11-22)18-6-4-5-17(14-18)16-7-9-19(25-3)10-8-16/h4-10,14-15,20H,12-13H2,1-3H3,(H,23,24). The highest BCUT2D eigenvalue weighted by molar-refractivity contribution is 5.84. The Bertz CT molecular complexity index is 745. The number of carbonyl (C=O) groups is 1. The number of nitrogens with zero attached hydrogens (tertiary/aromatic N) is 1. The fraction of sp³-hybridized carbons (Fsp3) is 0.333. The first-order valence-electron chi connectivity index (χ1n) is 8.44. The molecule has 1 unspecified atom stereocenters. The zero-order chi connectivity index (χ0) is 18.2. The number of ether oxygens (including phenoxy) is 1. The van der Waals surface area contributed by atoms with Gasteiger partial charge in [-0.05, 0) is 41.2 Å². The van der Waals surface area contributed by atoms with Gasteiger partial charge in [0.2, 0.25) is 5.91 Å². The van der Waals surface area contributed by atoms with E-state index in [1.54, 1.807) is 7.11 Å². The van der Waals surface area contributed by atoms with Crippen molar-refractivity contribution in [2.45, 2.75) is 26.2 Å². The molecule has 0 heterocycles. The van der Waals surface area contributed by atoms with E-state index in [-0.39, 0.29) is 18.4 Å². The van der Waals surface area contributed by atoms with Crippen LogP contribution in [0.5, 0.6) is 5.75 Å². The minimum Gasteiger partial charge on any atom is -0.497 e. The summed E-state index contributed by atoms with van der Waals surface area (Å²) in [4.78, 5) is 12.5. The van der Waals surface area contributed by atoms with E-state index in [9.17, 15) is 4.79 Å². The van der Waals surface area contributed by atoms with Crippen LogP contribution in [0.1, 0.15) is 31.7 Å². The third-order valence-electron chi connectivity index (χ3n) is 4.08. The second kappa shape index (κ2) is 8.89. The van der Waals surface area contributed by atoms with E-state index >= 15 is 0 Å². The van der Waals surface area contributed by atoms with E-state index in [1.165, 1.54) is 0 Å². The van der Waals surface area contributed by atoms with E-state index in [0.717, 1.165) is 28.9 Å². The Balaban J connectivity index is 2.31. The van der Waals surface area contributed by atoms with Crippen molar-refractivity contribution in [2.24, 2.45) is 5.92 Å². The van der Waals surface area contributed by atoms with Gasteiger partial charge in [0.15, 0.2) is 0 Å². The Kier molecular flexibility index (Phi) is 6.59. The van der Waals surface area contributed by atoms with E-state index in [4.69, 9.17) is 10.00 Å². The highest BCUT2D eigenvalue weighted by atomic mass is 16.5. The molecule has 4 nitrogen and oxygen atoms in total. The second-order valence-electron chi connectivity index (χ2n) is 6.41. The van der Waals surface area contributed by atoms with Crippen LogP contribution in [0.2, 0.25) is 0 Å². The fourth-order valence-corrected chi connectivity index (χ4v) is 2.83. The predicted octanol–water partition coefficient (Wildman–Crippen LogP) is 4.13. The predicted molar refractivity (Wildman–Crippen MR) is 99.2 cm³/mol. The maximum Gasteiger partial charge on any atom is 0.228 e. The third-order valence-corrected chi connectivity index (χ3v) is 4.08. The van der Waals surface area contributed by atoms with Gasteiger partial charge in [0.05, 0.1) is 19.1 Å². The fourth-order valence-electron chi connectivity index (χ4n) is 2.83. The van der Waals surface area contributed by atoms with Crippen LogP contribution in [0.3, 0.4) is 0 Å². The van der Waals surface area contributed by atoms with Crippen molar-refractivity contribution in [3.63, 3.8) is 0 Å². The number of benzene rings is 2. The van der Waals surface area contributed by atoms with Crippen molar-refractivity contribution in [1.82, 2.24) is 5.32 Å². The highest BCUT2D eigenvalue weighted by Gasteiger charge is 2.22. The van der Waals surface area contributed by atoms with E-state index in [1.807, 2.05) is 48.5 Å². The van der Waals surface area contributed by atoms with Gasteiger partial charge in [-0.3, -0.25) is 4.79 Å². The topological polar surface area (TPSA) is 62.1 Å². The zero-order valence-corrected chi connectivity index (χ0v) is 15.0. The molecule has 1 atom stereocenters. The SMILES string of the molecule is COc1ccc(-c2cccc(C(CC(C)C)C(=O)NCC#N)c2)cc1. The molecule has 2 aromatic rings. The monoisotopic (exact) mass is 336 g/mol. The molecular weight excluding hydrogens is 312 g/mol. The molecule has 4 heteroatoms. The van der Waals surface area contributed by atoms with E-state index in [2.05, 4.69) is 25.2 Å². The van der Waals surface area contributed by atoms with Crippen LogP contribution < -0.4 is 10.1 Å². The smallest absolute Gasteiger partial charge is 0.228 e. The molecule has 1 N–H and O–H groups in total. The molecule has 0 spiro atoms. The lowest BCUT2D eigenvalue weighted by Gasteiger charge is -2.19. The van der Waals surface area contributed by atoms with Crippen LogP contribution in [0.4, 0.5) is 0 Å². The molecule has 130 valence electrons. The first-order valence-corrected chi connectivity index (χ1v) is 8.44. The summed E-state index contributed by atoms with van der Waals surface area (Å²) < 4.78 is 5.20. The molecule has 0 fully saturated rings. The van der Waals surface area contributed by atoms with Crippen LogP contribution in [0.15, 0.2) is 48.5 Å². The number of methoxy groups -OCH3 is 1. The molecule has 0 aliphatic rings. The molecule has 1 amide bonds. The molecule has 0 aliphatic heterocycles. The lowest BCUT2D eigenvalue weighted by atomic mass is 9.88. The first-order chi connectivity index (χ1) is 12.0. The lowest BCUT2D eigenvalue weighted by molar-refractivity contribution is -0.122. The Morgan fingerprint density at radius 3 is 2.48 bits per heavy atom. The molecule has 0 saturated heterocycles. The van der Waals surface area contributed by atoms with Gasteiger partial charge in [0.25, 0.3) is 0 Å². The van der Waals surface area contributed by atoms with Gasteiger partial charge in [-0.25, -0.2) is 0 Å². The molecule has 0 aliphatic carbocycles. The zero-order valence-electron chi connectivity index (χ0n) is 15.0. The molecule has 0 radical (unpaired) electrons. The molecule has 2 rings (SSSR count). The number of hydrogen-bond acceptors (Lipinski definition) is 3. The number of amides is 1. The van der Waals surface area contributed by atoms with Crippen LogP contribution in [-0.2, 0) is 4.79 Å². The summed E-state index contributed by atoms with van der Waals surface area (Å²) in [5.41, 5.74) is 3.10. The first kappa shape index (κ1) is 18.5. The molecule has 0 aromatic heterocycles. The number of nitriles is 1. The van der Waals surface area contributed by atoms with Gasteiger partial charge < -0.3 is 10.1 Å². The largest absolute Gasteiger partial charge is 0.497 e. The average molecular weight is 336 g/mol. The lowest BCUT2D eigenvalue weighted by Crippen LogP contribution is -2.30. The van der Waals surface area contributed by atoms with E-state index < -0.39 is 0 Å². The third kappa shape index (κ3) is 5.09. The minimum absolute atomic E-state index is 0.0333. The molecule has 25 heavy (non-hydrogen) atoms. The number of hydrogen-bond donors (Lipinski definition) is 1. The second-order valence-corrected chi connectivity index (χ2v) is 6.41. The molecule has 2 aromatic carbocycles. The van der Waals surface area contributed by atoms with Crippen LogP contribution >= 0.6 is 0 Å². The van der Waals surface area contributed by atoms with Crippen molar-refractivity contribution in [1.29, 1.82) is 5.26 Å².